The van der Waals surface area contributed by atoms with Crippen LogP contribution in [0.1, 0.15) is 84.0 Å². The van der Waals surface area contributed by atoms with Crippen molar-refractivity contribution in [2.45, 2.75) is 92.9 Å². The van der Waals surface area contributed by atoms with Crippen molar-refractivity contribution in [3.05, 3.63) is 64.8 Å². The van der Waals surface area contributed by atoms with Gasteiger partial charge in [0.1, 0.15) is 12.1 Å². The zero-order valence-electron chi connectivity index (χ0n) is 28.2. The summed E-state index contributed by atoms with van der Waals surface area (Å²) in [5, 5.41) is 3.48. The van der Waals surface area contributed by atoms with E-state index in [0.29, 0.717) is 54.0 Å². The van der Waals surface area contributed by atoms with E-state index in [1.807, 2.05) is 17.2 Å². The lowest BCUT2D eigenvalue weighted by Gasteiger charge is -2.42. The van der Waals surface area contributed by atoms with Gasteiger partial charge in [-0.1, -0.05) is 12.1 Å². The summed E-state index contributed by atoms with van der Waals surface area (Å²) < 4.78 is 32.2. The minimum absolute atomic E-state index is 0.00472. The Labute approximate surface area is 299 Å². The van der Waals surface area contributed by atoms with E-state index in [2.05, 4.69) is 26.2 Å². The summed E-state index contributed by atoms with van der Waals surface area (Å²) in [7, 11) is -5.00. The fraction of sp³-hybridized carbons (Fsp3) is 0.556. The van der Waals surface area contributed by atoms with Gasteiger partial charge >= 0.3 is 7.60 Å². The van der Waals surface area contributed by atoms with Gasteiger partial charge in [-0.2, -0.15) is 0 Å². The molecule has 1 aliphatic carbocycles. The number of amides is 3. The van der Waals surface area contributed by atoms with Gasteiger partial charge < -0.3 is 29.6 Å². The number of alkyl halides is 1. The Hall–Kier alpha value is -3.26. The average molecular weight is 740 g/mol. The summed E-state index contributed by atoms with van der Waals surface area (Å²) in [5.74, 6) is -2.95. The lowest BCUT2D eigenvalue weighted by Crippen LogP contribution is -2.59. The normalized spacial score (nSPS) is 28.8. The first kappa shape index (κ1) is 34.8. The van der Waals surface area contributed by atoms with Gasteiger partial charge in [-0.05, 0) is 92.1 Å². The molecule has 4 saturated heterocycles. The van der Waals surface area contributed by atoms with Crippen LogP contribution in [0, 0.1) is 0 Å². The summed E-state index contributed by atoms with van der Waals surface area (Å²) in [5.41, 5.74) is 0.795. The molecule has 2 aromatic heterocycles. The highest BCUT2D eigenvalue weighted by atomic mass is 32.1. The van der Waals surface area contributed by atoms with E-state index in [4.69, 9.17) is 4.74 Å². The zero-order chi connectivity index (χ0) is 35.5. The molecule has 6 atom stereocenters. The minimum atomic E-state index is -5.00. The number of fused-ring (bicyclic) bond motifs is 2. The number of halogens is 1. The first-order valence-corrected chi connectivity index (χ1v) is 20.4. The van der Waals surface area contributed by atoms with Crippen LogP contribution in [-0.2, 0) is 18.9 Å². The second kappa shape index (κ2) is 13.6. The highest BCUT2D eigenvalue weighted by Crippen LogP contribution is 2.55. The minimum Gasteiger partial charge on any atom is -0.379 e. The van der Waals surface area contributed by atoms with E-state index in [1.165, 1.54) is 18.2 Å². The number of pyridine rings is 1. The van der Waals surface area contributed by atoms with Gasteiger partial charge in [-0.3, -0.25) is 28.8 Å². The van der Waals surface area contributed by atoms with E-state index in [-0.39, 0.29) is 40.9 Å². The molecule has 12 nitrogen and oxygen atoms in total. The molecule has 3 amide bonds. The first-order valence-electron chi connectivity index (χ1n) is 17.9. The number of hydrogen-bond acceptors (Lipinski definition) is 8. The number of thiophene rings is 1. The molecule has 1 saturated carbocycles. The SMILES string of the molecule is O=C(N[C@H]1CC[C@H](N2CCOCC2)C[C@H]2CC[C@@H](C(=O)N3C[C@@H](c4cccnc4)CC34CC4)N2C1=O)c1cc2cc([C@H](F)P(=O)(O)O)ccc2s1. The molecule has 3 aromatic rings. The highest BCUT2D eigenvalue weighted by Gasteiger charge is 2.58. The van der Waals surface area contributed by atoms with E-state index in [9.17, 15) is 33.1 Å². The van der Waals surface area contributed by atoms with Crippen molar-refractivity contribution >= 4 is 46.7 Å². The number of ether oxygens (including phenoxy) is 1. The maximum atomic E-state index is 14.6. The van der Waals surface area contributed by atoms with E-state index in [1.54, 1.807) is 12.3 Å². The molecule has 51 heavy (non-hydrogen) atoms. The number of aromatic nitrogens is 1. The molecule has 272 valence electrons. The number of morpholine rings is 1. The number of benzene rings is 1. The molecular weight excluding hydrogens is 696 g/mol. The van der Waals surface area contributed by atoms with Crippen LogP contribution >= 0.6 is 18.9 Å². The molecule has 8 rings (SSSR count). The standard InChI is InChI=1S/C36H43FN5O7PS/c37-32(50(46,47)48)22-3-8-30-24(16-22)17-31(51-30)33(43)39-28-6-4-26(40-12-14-49-15-13-40)18-27-5-7-29(42(27)34(28)44)35(45)41-21-25(19-36(41)9-10-36)23-2-1-11-38-20-23/h1-3,8,11,16-17,20,25-29,32H,4-7,9-10,12-15,18-19,21H2,(H,39,43)(H2,46,47,48)/t25-,26-,27+,28-,29-,32+/m0/s1. The highest BCUT2D eigenvalue weighted by molar-refractivity contribution is 7.51. The molecule has 1 aromatic carbocycles. The molecule has 0 bridgehead atoms. The van der Waals surface area contributed by atoms with Crippen LogP contribution in [0.25, 0.3) is 10.1 Å². The van der Waals surface area contributed by atoms with Crippen molar-refractivity contribution in [2.75, 3.05) is 32.8 Å². The fourth-order valence-corrected chi connectivity index (χ4v) is 10.4. The van der Waals surface area contributed by atoms with E-state index >= 15 is 0 Å². The van der Waals surface area contributed by atoms with Gasteiger partial charge in [0.25, 0.3) is 5.91 Å². The van der Waals surface area contributed by atoms with Crippen LogP contribution in [0.3, 0.4) is 0 Å². The van der Waals surface area contributed by atoms with Gasteiger partial charge in [0.15, 0.2) is 0 Å². The molecule has 15 heteroatoms. The van der Waals surface area contributed by atoms with Crippen molar-refractivity contribution in [2.24, 2.45) is 0 Å². The monoisotopic (exact) mass is 739 g/mol. The Morgan fingerprint density at radius 1 is 1.08 bits per heavy atom. The van der Waals surface area contributed by atoms with Gasteiger partial charge in [0.05, 0.1) is 18.1 Å². The molecule has 4 aliphatic heterocycles. The summed E-state index contributed by atoms with van der Waals surface area (Å²) in [4.78, 5) is 72.5. The second-order valence-electron chi connectivity index (χ2n) is 14.8. The number of nitrogens with zero attached hydrogens (tertiary/aromatic N) is 4. The lowest BCUT2D eigenvalue weighted by molar-refractivity contribution is -0.148. The number of hydrogen-bond donors (Lipinski definition) is 3. The third-order valence-electron chi connectivity index (χ3n) is 11.7. The third-order valence-corrected chi connectivity index (χ3v) is 13.7. The Kier molecular flexibility index (Phi) is 9.29. The maximum Gasteiger partial charge on any atom is 0.363 e. The van der Waals surface area contributed by atoms with Crippen LogP contribution in [0.2, 0.25) is 0 Å². The summed E-state index contributed by atoms with van der Waals surface area (Å²) in [6, 6.07) is 8.35. The second-order valence-corrected chi connectivity index (χ2v) is 17.5. The van der Waals surface area contributed by atoms with Crippen molar-refractivity contribution in [3.63, 3.8) is 0 Å². The Morgan fingerprint density at radius 3 is 2.59 bits per heavy atom. The fourth-order valence-electron chi connectivity index (χ4n) is 8.95. The van der Waals surface area contributed by atoms with Crippen molar-refractivity contribution in [3.8, 4) is 0 Å². The molecule has 0 radical (unpaired) electrons. The van der Waals surface area contributed by atoms with Crippen molar-refractivity contribution in [1.82, 2.24) is 25.0 Å². The van der Waals surface area contributed by atoms with Crippen LogP contribution < -0.4 is 5.32 Å². The Bertz CT molecular complexity index is 1860. The van der Waals surface area contributed by atoms with Crippen LogP contribution in [-0.4, -0.2) is 110 Å². The average Bonchev–Trinajstić information content (AvgIpc) is 3.42. The Balaban J connectivity index is 1.05. The van der Waals surface area contributed by atoms with Crippen LogP contribution in [0.15, 0.2) is 48.8 Å². The number of carbonyl (C=O) groups excluding carboxylic acids is 3. The number of carbonyl (C=O) groups is 3. The first-order chi connectivity index (χ1) is 24.5. The molecule has 0 unspecified atom stereocenters. The predicted molar refractivity (Wildman–Crippen MR) is 188 cm³/mol. The number of rotatable bonds is 7. The van der Waals surface area contributed by atoms with E-state index < -0.39 is 31.5 Å². The molecule has 5 aliphatic rings. The Morgan fingerprint density at radius 2 is 1.86 bits per heavy atom. The van der Waals surface area contributed by atoms with Gasteiger partial charge in [-0.25, -0.2) is 4.39 Å². The molecule has 1 spiro atoms. The van der Waals surface area contributed by atoms with Gasteiger partial charge in [0, 0.05) is 60.3 Å². The zero-order valence-corrected chi connectivity index (χ0v) is 29.9. The van der Waals surface area contributed by atoms with E-state index in [0.717, 1.165) is 62.1 Å². The van der Waals surface area contributed by atoms with Gasteiger partial charge in [-0.15, -0.1) is 11.3 Å². The smallest absolute Gasteiger partial charge is 0.363 e. The molecular formula is C36H43FN5O7PS. The van der Waals surface area contributed by atoms with Crippen molar-refractivity contribution in [1.29, 1.82) is 0 Å². The number of likely N-dealkylation sites (tertiary alicyclic amines) is 1. The summed E-state index contributed by atoms with van der Waals surface area (Å²) in [6.07, 6.45) is 9.64. The number of nitrogens with one attached hydrogen (secondary N) is 1. The molecule has 6 heterocycles. The summed E-state index contributed by atoms with van der Waals surface area (Å²) in [6.45, 7) is 3.48. The van der Waals surface area contributed by atoms with Gasteiger partial charge in [0.2, 0.25) is 17.7 Å². The largest absolute Gasteiger partial charge is 0.379 e. The topological polar surface area (TPSA) is 153 Å². The quantitative estimate of drug-likeness (QED) is 0.301. The third kappa shape index (κ3) is 6.75. The predicted octanol–water partition coefficient (Wildman–Crippen LogP) is 4.33. The van der Waals surface area contributed by atoms with Crippen molar-refractivity contribution < 1.29 is 37.9 Å². The van der Waals surface area contributed by atoms with Crippen LogP contribution in [0.5, 0.6) is 0 Å². The molecule has 3 N–H and O–H groups in total. The molecule has 5 fully saturated rings. The lowest BCUT2D eigenvalue weighted by atomic mass is 9.93. The van der Waals surface area contributed by atoms with Crippen LogP contribution in [0.4, 0.5) is 4.39 Å². The summed E-state index contributed by atoms with van der Waals surface area (Å²) >= 11 is 1.16. The maximum absolute atomic E-state index is 14.6.